The quantitative estimate of drug-likeness (QED) is 0.465. The molecule has 1 nitrogen and oxygen atoms in total. The summed E-state index contributed by atoms with van der Waals surface area (Å²) in [6.07, 6.45) is 5.62. The first-order valence-corrected chi connectivity index (χ1v) is 4.77. The summed E-state index contributed by atoms with van der Waals surface area (Å²) in [5, 5.41) is -0.234. The average molecular weight is 175 g/mol. The first kappa shape index (κ1) is 9.05. The van der Waals surface area contributed by atoms with Crippen molar-refractivity contribution in [1.29, 1.82) is 0 Å². The summed E-state index contributed by atoms with van der Waals surface area (Å²) in [7, 11) is 0. The highest BCUT2D eigenvalue weighted by Gasteiger charge is 2.23. The molecule has 2 heteroatoms. The van der Waals surface area contributed by atoms with Crippen LogP contribution in [0.4, 0.5) is 0 Å². The smallest absolute Gasteiger partial charge is 0.138 e. The Bertz CT molecular complexity index is 128. The van der Waals surface area contributed by atoms with Gasteiger partial charge >= 0.3 is 0 Å². The van der Waals surface area contributed by atoms with E-state index in [1.165, 1.54) is 12.8 Å². The molecule has 1 fully saturated rings. The SMILES string of the molecule is CC1CCC(C(Cl)C=O)CC1. The normalized spacial score (nSPS) is 34.7. The number of carbonyl (C=O) groups is 1. The van der Waals surface area contributed by atoms with E-state index in [0.717, 1.165) is 25.0 Å². The monoisotopic (exact) mass is 174 g/mol. The van der Waals surface area contributed by atoms with Gasteiger partial charge in [0.15, 0.2) is 0 Å². The molecule has 0 aromatic carbocycles. The van der Waals surface area contributed by atoms with E-state index in [-0.39, 0.29) is 5.38 Å². The maximum atomic E-state index is 10.4. The van der Waals surface area contributed by atoms with Crippen LogP contribution in [0.25, 0.3) is 0 Å². The number of aldehydes is 1. The minimum absolute atomic E-state index is 0.234. The Balaban J connectivity index is 2.32. The van der Waals surface area contributed by atoms with Crippen LogP contribution in [-0.4, -0.2) is 11.7 Å². The van der Waals surface area contributed by atoms with Crippen molar-refractivity contribution in [2.24, 2.45) is 11.8 Å². The standard InChI is InChI=1S/C9H15ClO/c1-7-2-4-8(5-3-7)9(10)6-11/h6-9H,2-5H2,1H3. The molecule has 0 aliphatic heterocycles. The summed E-state index contributed by atoms with van der Waals surface area (Å²) >= 11 is 5.82. The number of alkyl halides is 1. The lowest BCUT2D eigenvalue weighted by Crippen LogP contribution is -2.21. The topological polar surface area (TPSA) is 17.1 Å². The number of carbonyl (C=O) groups excluding carboxylic acids is 1. The second-order valence-corrected chi connectivity index (χ2v) is 4.10. The number of rotatable bonds is 2. The van der Waals surface area contributed by atoms with E-state index >= 15 is 0 Å². The molecule has 0 amide bonds. The molecule has 0 N–H and O–H groups in total. The maximum absolute atomic E-state index is 10.4. The third-order valence-electron chi connectivity index (χ3n) is 2.64. The minimum Gasteiger partial charge on any atom is -0.302 e. The van der Waals surface area contributed by atoms with Gasteiger partial charge in [-0.2, -0.15) is 0 Å². The first-order chi connectivity index (χ1) is 5.24. The molecular weight excluding hydrogens is 160 g/mol. The van der Waals surface area contributed by atoms with Gasteiger partial charge in [0.2, 0.25) is 0 Å². The van der Waals surface area contributed by atoms with Gasteiger partial charge in [-0.05, 0) is 24.7 Å². The zero-order valence-electron chi connectivity index (χ0n) is 6.92. The molecule has 1 rings (SSSR count). The molecule has 64 valence electrons. The van der Waals surface area contributed by atoms with E-state index in [1.54, 1.807) is 0 Å². The highest BCUT2D eigenvalue weighted by Crippen LogP contribution is 2.31. The van der Waals surface area contributed by atoms with Gasteiger partial charge in [0.05, 0.1) is 5.38 Å². The predicted octanol–water partition coefficient (Wildman–Crippen LogP) is 2.62. The van der Waals surface area contributed by atoms with Gasteiger partial charge in [0.1, 0.15) is 6.29 Å². The van der Waals surface area contributed by atoms with Crippen molar-refractivity contribution in [1.82, 2.24) is 0 Å². The van der Waals surface area contributed by atoms with Crippen LogP contribution in [0.3, 0.4) is 0 Å². The van der Waals surface area contributed by atoms with Crippen LogP contribution in [0.1, 0.15) is 32.6 Å². The van der Waals surface area contributed by atoms with Crippen molar-refractivity contribution < 1.29 is 4.79 Å². The van der Waals surface area contributed by atoms with E-state index in [1.807, 2.05) is 0 Å². The molecule has 1 aliphatic carbocycles. The summed E-state index contributed by atoms with van der Waals surface area (Å²) in [6, 6.07) is 0. The molecule has 1 saturated carbocycles. The number of halogens is 1. The molecule has 0 heterocycles. The zero-order valence-corrected chi connectivity index (χ0v) is 7.68. The first-order valence-electron chi connectivity index (χ1n) is 4.33. The molecule has 11 heavy (non-hydrogen) atoms. The fourth-order valence-electron chi connectivity index (χ4n) is 1.72. The lowest BCUT2D eigenvalue weighted by Gasteiger charge is -2.26. The number of hydrogen-bond donors (Lipinski definition) is 0. The second-order valence-electron chi connectivity index (χ2n) is 3.60. The maximum Gasteiger partial charge on any atom is 0.138 e. The number of hydrogen-bond acceptors (Lipinski definition) is 1. The Labute approximate surface area is 73.1 Å². The van der Waals surface area contributed by atoms with Crippen LogP contribution in [0.2, 0.25) is 0 Å². The van der Waals surface area contributed by atoms with E-state index < -0.39 is 0 Å². The molecule has 1 unspecified atom stereocenters. The molecule has 0 aromatic heterocycles. The highest BCUT2D eigenvalue weighted by atomic mass is 35.5. The summed E-state index contributed by atoms with van der Waals surface area (Å²) in [4.78, 5) is 10.4. The van der Waals surface area contributed by atoms with E-state index in [9.17, 15) is 4.79 Å². The van der Waals surface area contributed by atoms with Gasteiger partial charge in [-0.25, -0.2) is 0 Å². The van der Waals surface area contributed by atoms with Gasteiger partial charge in [0, 0.05) is 0 Å². The summed E-state index contributed by atoms with van der Waals surface area (Å²) in [5.41, 5.74) is 0. The third-order valence-corrected chi connectivity index (χ3v) is 3.10. The fraction of sp³-hybridized carbons (Fsp3) is 0.889. The fourth-order valence-corrected chi connectivity index (χ4v) is 1.97. The zero-order chi connectivity index (χ0) is 8.27. The molecule has 0 bridgehead atoms. The average Bonchev–Trinajstić information content (AvgIpc) is 2.05. The van der Waals surface area contributed by atoms with Crippen molar-refractivity contribution in [2.45, 2.75) is 38.0 Å². The highest BCUT2D eigenvalue weighted by molar-refractivity contribution is 6.27. The van der Waals surface area contributed by atoms with Gasteiger partial charge in [-0.15, -0.1) is 11.6 Å². The Morgan fingerprint density at radius 2 is 1.91 bits per heavy atom. The Hall–Kier alpha value is -0.0400. The summed E-state index contributed by atoms with van der Waals surface area (Å²) in [6.45, 7) is 2.26. The van der Waals surface area contributed by atoms with Gasteiger partial charge in [-0.3, -0.25) is 0 Å². The van der Waals surface area contributed by atoms with Crippen LogP contribution in [0.15, 0.2) is 0 Å². The largest absolute Gasteiger partial charge is 0.302 e. The predicted molar refractivity (Wildman–Crippen MR) is 46.8 cm³/mol. The molecular formula is C9H15ClO. The molecule has 1 atom stereocenters. The van der Waals surface area contributed by atoms with Crippen molar-refractivity contribution in [3.63, 3.8) is 0 Å². The summed E-state index contributed by atoms with van der Waals surface area (Å²) in [5.74, 6) is 1.28. The van der Waals surface area contributed by atoms with Gasteiger partial charge in [0.25, 0.3) is 0 Å². The summed E-state index contributed by atoms with van der Waals surface area (Å²) < 4.78 is 0. The van der Waals surface area contributed by atoms with E-state index in [4.69, 9.17) is 11.6 Å². The van der Waals surface area contributed by atoms with Crippen LogP contribution < -0.4 is 0 Å². The van der Waals surface area contributed by atoms with Crippen LogP contribution in [0.5, 0.6) is 0 Å². The molecule has 0 saturated heterocycles. The van der Waals surface area contributed by atoms with Crippen LogP contribution >= 0.6 is 11.6 Å². The Kier molecular flexibility index (Phi) is 3.38. The minimum atomic E-state index is -0.234. The molecule has 1 aliphatic rings. The molecule has 0 aromatic rings. The van der Waals surface area contributed by atoms with Crippen molar-refractivity contribution in [3.05, 3.63) is 0 Å². The Morgan fingerprint density at radius 3 is 2.36 bits per heavy atom. The Morgan fingerprint density at radius 1 is 1.36 bits per heavy atom. The van der Waals surface area contributed by atoms with E-state index in [2.05, 4.69) is 6.92 Å². The van der Waals surface area contributed by atoms with E-state index in [0.29, 0.717) is 5.92 Å². The lowest BCUT2D eigenvalue weighted by molar-refractivity contribution is -0.108. The van der Waals surface area contributed by atoms with Crippen LogP contribution in [0, 0.1) is 11.8 Å². The van der Waals surface area contributed by atoms with Crippen molar-refractivity contribution in [2.75, 3.05) is 0 Å². The van der Waals surface area contributed by atoms with Gasteiger partial charge in [-0.1, -0.05) is 19.8 Å². The molecule has 0 spiro atoms. The third kappa shape index (κ3) is 2.48. The second kappa shape index (κ2) is 4.10. The van der Waals surface area contributed by atoms with Crippen LogP contribution in [-0.2, 0) is 4.79 Å². The van der Waals surface area contributed by atoms with Crippen molar-refractivity contribution >= 4 is 17.9 Å². The molecule has 0 radical (unpaired) electrons. The lowest BCUT2D eigenvalue weighted by atomic mass is 9.81. The van der Waals surface area contributed by atoms with Gasteiger partial charge < -0.3 is 4.79 Å². The van der Waals surface area contributed by atoms with Crippen molar-refractivity contribution in [3.8, 4) is 0 Å².